The Labute approximate surface area is 197 Å². The highest BCUT2D eigenvalue weighted by atomic mass is 17.2. The smallest absolute Gasteiger partial charge is 0.355 e. The van der Waals surface area contributed by atoms with E-state index in [0.29, 0.717) is 12.8 Å². The Balaban J connectivity index is 3.30. The fourth-order valence-corrected chi connectivity index (χ4v) is 3.68. The van der Waals surface area contributed by atoms with E-state index in [0.717, 1.165) is 64.6 Å². The molecule has 0 spiro atoms. The highest BCUT2D eigenvalue weighted by Crippen LogP contribution is 2.12. The van der Waals surface area contributed by atoms with Gasteiger partial charge in [0.05, 0.1) is 12.8 Å². The molecule has 6 heteroatoms. The van der Waals surface area contributed by atoms with Gasteiger partial charge in [-0.15, -0.1) is 0 Å². The van der Waals surface area contributed by atoms with Crippen molar-refractivity contribution in [2.45, 2.75) is 128 Å². The topological polar surface area (TPSA) is 71.1 Å². The summed E-state index contributed by atoms with van der Waals surface area (Å²) in [6.07, 6.45) is 21.3. The van der Waals surface area contributed by atoms with Crippen LogP contribution >= 0.6 is 0 Å². The molecule has 0 unspecified atom stereocenters. The van der Waals surface area contributed by atoms with Crippen LogP contribution in [-0.2, 0) is 28.8 Å². The van der Waals surface area contributed by atoms with Gasteiger partial charge in [-0.05, 0) is 25.7 Å². The van der Waals surface area contributed by atoms with Gasteiger partial charge in [0, 0.05) is 27.4 Å². The van der Waals surface area contributed by atoms with Gasteiger partial charge < -0.3 is 9.47 Å². The molecule has 0 amide bonds. The van der Waals surface area contributed by atoms with Gasteiger partial charge in [-0.25, -0.2) is 19.4 Å². The molecule has 0 aliphatic heterocycles. The normalized spacial score (nSPS) is 10.9. The number of unbranched alkanes of at least 4 members (excludes halogenated alkanes) is 16. The Morgan fingerprint density at radius 1 is 0.406 bits per heavy atom. The monoisotopic (exact) mass is 458 g/mol. The largest absolute Gasteiger partial charge is 0.385 e. The summed E-state index contributed by atoms with van der Waals surface area (Å²) in [5.74, 6) is -0.885. The molecular weight excluding hydrogens is 408 g/mol. The van der Waals surface area contributed by atoms with Crippen molar-refractivity contribution in [2.24, 2.45) is 0 Å². The fraction of sp³-hybridized carbons (Fsp3) is 0.923. The molecule has 0 rings (SSSR count). The lowest BCUT2D eigenvalue weighted by molar-refractivity contribution is -0.259. The number of carbonyl (C=O) groups excluding carboxylic acids is 2. The zero-order valence-electron chi connectivity index (χ0n) is 21.0. The minimum absolute atomic E-state index is 0.315. The summed E-state index contributed by atoms with van der Waals surface area (Å²) >= 11 is 0. The van der Waals surface area contributed by atoms with Gasteiger partial charge in [0.1, 0.15) is 0 Å². The van der Waals surface area contributed by atoms with Crippen LogP contribution in [0.25, 0.3) is 0 Å². The minimum Gasteiger partial charge on any atom is -0.385 e. The molecule has 0 radical (unpaired) electrons. The van der Waals surface area contributed by atoms with E-state index in [1.807, 2.05) is 0 Å². The van der Waals surface area contributed by atoms with E-state index in [9.17, 15) is 9.59 Å². The molecule has 6 nitrogen and oxygen atoms in total. The lowest BCUT2D eigenvalue weighted by Gasteiger charge is -2.04. The van der Waals surface area contributed by atoms with Crippen LogP contribution in [0.4, 0.5) is 0 Å². The van der Waals surface area contributed by atoms with Crippen molar-refractivity contribution >= 4 is 11.9 Å². The van der Waals surface area contributed by atoms with Gasteiger partial charge in [0.2, 0.25) is 0 Å². The highest BCUT2D eigenvalue weighted by Gasteiger charge is 2.09. The molecule has 0 fully saturated rings. The molecule has 190 valence electrons. The van der Waals surface area contributed by atoms with E-state index < -0.39 is 11.9 Å². The van der Waals surface area contributed by atoms with Crippen molar-refractivity contribution in [3.8, 4) is 0 Å². The zero-order chi connectivity index (χ0) is 23.5. The van der Waals surface area contributed by atoms with E-state index in [-0.39, 0.29) is 0 Å². The summed E-state index contributed by atoms with van der Waals surface area (Å²) in [6, 6.07) is 0. The van der Waals surface area contributed by atoms with Crippen LogP contribution < -0.4 is 0 Å². The second-order valence-electron chi connectivity index (χ2n) is 8.76. The third-order valence-electron chi connectivity index (χ3n) is 5.69. The second-order valence-corrected chi connectivity index (χ2v) is 8.76. The summed E-state index contributed by atoms with van der Waals surface area (Å²) in [5.41, 5.74) is 0. The lowest BCUT2D eigenvalue weighted by atomic mass is 10.1. The van der Waals surface area contributed by atoms with E-state index in [2.05, 4.69) is 9.78 Å². The average Bonchev–Trinajstić information content (AvgIpc) is 2.79. The molecule has 0 aromatic heterocycles. The number of hydrogen-bond donors (Lipinski definition) is 0. The maximum atomic E-state index is 11.7. The summed E-state index contributed by atoms with van der Waals surface area (Å²) in [6.45, 7) is 1.73. The van der Waals surface area contributed by atoms with Gasteiger partial charge in [0.25, 0.3) is 0 Å². The molecular formula is C26H50O6. The molecule has 0 aliphatic rings. The molecule has 0 bridgehead atoms. The summed E-state index contributed by atoms with van der Waals surface area (Å²) in [5, 5.41) is 0. The number of carbonyl (C=O) groups is 2. The third kappa shape index (κ3) is 25.1. The number of ether oxygens (including phenoxy) is 2. The Morgan fingerprint density at radius 2 is 0.656 bits per heavy atom. The Bertz CT molecular complexity index is 375. The van der Waals surface area contributed by atoms with Crippen LogP contribution in [0.15, 0.2) is 0 Å². The van der Waals surface area contributed by atoms with E-state index in [1.54, 1.807) is 14.2 Å². The predicted octanol–water partition coefficient (Wildman–Crippen LogP) is 7.08. The van der Waals surface area contributed by atoms with Crippen LogP contribution in [0.2, 0.25) is 0 Å². The maximum Gasteiger partial charge on any atom is 0.355 e. The van der Waals surface area contributed by atoms with Crippen LogP contribution in [0.3, 0.4) is 0 Å². The first-order chi connectivity index (χ1) is 15.7. The minimum atomic E-state index is -0.443. The van der Waals surface area contributed by atoms with Gasteiger partial charge in [-0.3, -0.25) is 0 Å². The first-order valence-corrected chi connectivity index (χ1v) is 13.1. The number of rotatable bonds is 24. The summed E-state index contributed by atoms with van der Waals surface area (Å²) in [7, 11) is 3.49. The molecule has 0 atom stereocenters. The highest BCUT2D eigenvalue weighted by molar-refractivity contribution is 5.72. The fourth-order valence-electron chi connectivity index (χ4n) is 3.68. The summed E-state index contributed by atoms with van der Waals surface area (Å²) in [4.78, 5) is 32.6. The molecule has 32 heavy (non-hydrogen) atoms. The quantitative estimate of drug-likeness (QED) is 0.0874. The molecule has 0 N–H and O–H groups in total. The molecule has 0 aromatic rings. The Hall–Kier alpha value is -1.14. The molecule has 0 aliphatic carbocycles. The lowest BCUT2D eigenvalue weighted by Crippen LogP contribution is -2.11. The molecule has 0 heterocycles. The SMILES string of the molecule is COCCCCCCCCCCCC(=O)OOC(=O)CCCCCCCCCCCOC. The Kier molecular flexibility index (Phi) is 25.2. The maximum absolute atomic E-state index is 11.7. The van der Waals surface area contributed by atoms with Crippen molar-refractivity contribution in [2.75, 3.05) is 27.4 Å². The van der Waals surface area contributed by atoms with Crippen molar-refractivity contribution in [1.29, 1.82) is 0 Å². The molecule has 0 aromatic carbocycles. The van der Waals surface area contributed by atoms with Crippen LogP contribution in [0.1, 0.15) is 128 Å². The predicted molar refractivity (Wildman–Crippen MR) is 128 cm³/mol. The van der Waals surface area contributed by atoms with E-state index in [1.165, 1.54) is 64.2 Å². The Morgan fingerprint density at radius 3 is 0.938 bits per heavy atom. The molecule has 0 saturated heterocycles. The van der Waals surface area contributed by atoms with Crippen LogP contribution in [0, 0.1) is 0 Å². The molecule has 0 saturated carbocycles. The zero-order valence-corrected chi connectivity index (χ0v) is 21.0. The van der Waals surface area contributed by atoms with Crippen molar-refractivity contribution in [3.05, 3.63) is 0 Å². The first kappa shape index (κ1) is 30.9. The van der Waals surface area contributed by atoms with E-state index in [4.69, 9.17) is 9.47 Å². The van der Waals surface area contributed by atoms with Gasteiger partial charge in [-0.2, -0.15) is 0 Å². The van der Waals surface area contributed by atoms with Gasteiger partial charge >= 0.3 is 11.9 Å². The van der Waals surface area contributed by atoms with Crippen molar-refractivity contribution < 1.29 is 28.8 Å². The summed E-state index contributed by atoms with van der Waals surface area (Å²) < 4.78 is 10.1. The second kappa shape index (κ2) is 26.1. The number of methoxy groups -OCH3 is 2. The van der Waals surface area contributed by atoms with Gasteiger partial charge in [-0.1, -0.05) is 89.9 Å². The third-order valence-corrected chi connectivity index (χ3v) is 5.69. The first-order valence-electron chi connectivity index (χ1n) is 13.1. The van der Waals surface area contributed by atoms with Crippen LogP contribution in [0.5, 0.6) is 0 Å². The number of hydrogen-bond acceptors (Lipinski definition) is 6. The van der Waals surface area contributed by atoms with E-state index >= 15 is 0 Å². The van der Waals surface area contributed by atoms with Crippen LogP contribution in [-0.4, -0.2) is 39.4 Å². The van der Waals surface area contributed by atoms with Gasteiger partial charge in [0.15, 0.2) is 0 Å². The van der Waals surface area contributed by atoms with Crippen molar-refractivity contribution in [1.82, 2.24) is 0 Å². The average molecular weight is 459 g/mol. The van der Waals surface area contributed by atoms with Crippen molar-refractivity contribution in [3.63, 3.8) is 0 Å². The standard InChI is InChI=1S/C26H50O6/c1-29-23-19-15-11-7-3-5-9-13-17-21-25(27)31-32-26(28)22-18-14-10-6-4-8-12-16-20-24-30-2/h3-24H2,1-2H3.